The fourth-order valence-corrected chi connectivity index (χ4v) is 3.21. The molecule has 0 saturated carbocycles. The van der Waals surface area contributed by atoms with Gasteiger partial charge in [0.05, 0.1) is 0 Å². The number of rotatable bonds is 6. The van der Waals surface area contributed by atoms with Crippen molar-refractivity contribution in [3.63, 3.8) is 0 Å². The van der Waals surface area contributed by atoms with Gasteiger partial charge in [0.1, 0.15) is 6.23 Å². The van der Waals surface area contributed by atoms with Crippen LogP contribution in [0.2, 0.25) is 0 Å². The Bertz CT molecular complexity index is 230. The monoisotopic (exact) mass is 256 g/mol. The number of hydrogen-bond donors (Lipinski definition) is 1. The summed E-state index contributed by atoms with van der Waals surface area (Å²) in [5.74, 6) is 0. The molecule has 2 rings (SSSR count). The van der Waals surface area contributed by atoms with E-state index in [1.807, 2.05) is 6.92 Å². The zero-order valence-electron chi connectivity index (χ0n) is 11.7. The molecular formula is C14H28N2O2. The third kappa shape index (κ3) is 3.92. The molecule has 2 fully saturated rings. The topological polar surface area (TPSA) is 35.9 Å². The van der Waals surface area contributed by atoms with Gasteiger partial charge < -0.3 is 14.7 Å². The lowest BCUT2D eigenvalue weighted by molar-refractivity contribution is -0.0115. The number of aliphatic hydroxyl groups excluding tert-OH is 1. The van der Waals surface area contributed by atoms with E-state index in [0.29, 0.717) is 6.04 Å². The van der Waals surface area contributed by atoms with E-state index in [1.54, 1.807) is 0 Å². The molecule has 2 heterocycles. The summed E-state index contributed by atoms with van der Waals surface area (Å²) in [7, 11) is 0. The molecule has 2 aliphatic rings. The summed E-state index contributed by atoms with van der Waals surface area (Å²) >= 11 is 0. The van der Waals surface area contributed by atoms with E-state index in [2.05, 4.69) is 9.80 Å². The summed E-state index contributed by atoms with van der Waals surface area (Å²) in [6.45, 7) is 8.38. The van der Waals surface area contributed by atoms with E-state index in [9.17, 15) is 5.11 Å². The maximum Gasteiger partial charge on any atom is 0.107 e. The number of hydrogen-bond acceptors (Lipinski definition) is 4. The molecule has 0 aromatic rings. The number of aliphatic hydroxyl groups is 1. The second-order valence-corrected chi connectivity index (χ2v) is 5.48. The van der Waals surface area contributed by atoms with Crippen LogP contribution in [0.3, 0.4) is 0 Å². The predicted octanol–water partition coefficient (Wildman–Crippen LogP) is 1.29. The zero-order chi connectivity index (χ0) is 12.8. The van der Waals surface area contributed by atoms with Gasteiger partial charge in [0.2, 0.25) is 0 Å². The average molecular weight is 256 g/mol. The van der Waals surface area contributed by atoms with Crippen molar-refractivity contribution in [2.75, 3.05) is 39.4 Å². The van der Waals surface area contributed by atoms with Crippen molar-refractivity contribution in [2.24, 2.45) is 0 Å². The first-order valence-electron chi connectivity index (χ1n) is 7.55. The molecule has 0 radical (unpaired) electrons. The van der Waals surface area contributed by atoms with Gasteiger partial charge in [-0.2, -0.15) is 0 Å². The van der Waals surface area contributed by atoms with Gasteiger partial charge in [-0.25, -0.2) is 0 Å². The Morgan fingerprint density at radius 2 is 1.94 bits per heavy atom. The SMILES string of the molecule is CCOCCCN1CCC(N2CCC[C@H]2O)CC1. The van der Waals surface area contributed by atoms with Crippen molar-refractivity contribution >= 4 is 0 Å². The second-order valence-electron chi connectivity index (χ2n) is 5.48. The van der Waals surface area contributed by atoms with Crippen LogP contribution < -0.4 is 0 Å². The van der Waals surface area contributed by atoms with Crippen LogP contribution in [0.15, 0.2) is 0 Å². The Hall–Kier alpha value is -0.160. The molecule has 0 bridgehead atoms. The molecule has 1 atom stereocenters. The molecule has 0 spiro atoms. The van der Waals surface area contributed by atoms with Gasteiger partial charge in [-0.1, -0.05) is 0 Å². The molecule has 0 amide bonds. The highest BCUT2D eigenvalue weighted by molar-refractivity contribution is 4.84. The Balaban J connectivity index is 1.62. The molecule has 2 aliphatic heterocycles. The maximum absolute atomic E-state index is 9.90. The molecular weight excluding hydrogens is 228 g/mol. The molecule has 2 saturated heterocycles. The normalized spacial score (nSPS) is 28.0. The van der Waals surface area contributed by atoms with Gasteiger partial charge in [0, 0.05) is 32.3 Å². The van der Waals surface area contributed by atoms with Gasteiger partial charge in [-0.05, 0) is 52.1 Å². The Kier molecular flexibility index (Phi) is 5.89. The molecule has 4 heteroatoms. The average Bonchev–Trinajstić information content (AvgIpc) is 2.82. The van der Waals surface area contributed by atoms with Crippen molar-refractivity contribution in [3.8, 4) is 0 Å². The summed E-state index contributed by atoms with van der Waals surface area (Å²) in [5, 5.41) is 9.90. The van der Waals surface area contributed by atoms with E-state index in [-0.39, 0.29) is 6.23 Å². The van der Waals surface area contributed by atoms with Gasteiger partial charge >= 0.3 is 0 Å². The van der Waals surface area contributed by atoms with E-state index in [1.165, 1.54) is 25.9 Å². The predicted molar refractivity (Wildman–Crippen MR) is 72.5 cm³/mol. The number of ether oxygens (including phenoxy) is 1. The summed E-state index contributed by atoms with van der Waals surface area (Å²) in [6, 6.07) is 0.616. The fourth-order valence-electron chi connectivity index (χ4n) is 3.21. The lowest BCUT2D eigenvalue weighted by atomic mass is 10.0. The molecule has 0 unspecified atom stereocenters. The zero-order valence-corrected chi connectivity index (χ0v) is 11.7. The van der Waals surface area contributed by atoms with Crippen LogP contribution in [-0.4, -0.2) is 66.6 Å². The summed E-state index contributed by atoms with van der Waals surface area (Å²) in [4.78, 5) is 4.86. The van der Waals surface area contributed by atoms with E-state index in [0.717, 1.165) is 45.6 Å². The number of likely N-dealkylation sites (tertiary alicyclic amines) is 2. The van der Waals surface area contributed by atoms with Crippen LogP contribution in [0.1, 0.15) is 39.0 Å². The third-order valence-electron chi connectivity index (χ3n) is 4.25. The minimum Gasteiger partial charge on any atom is -0.382 e. The summed E-state index contributed by atoms with van der Waals surface area (Å²) in [5.41, 5.74) is 0. The van der Waals surface area contributed by atoms with Crippen LogP contribution in [0.4, 0.5) is 0 Å². The van der Waals surface area contributed by atoms with E-state index in [4.69, 9.17) is 4.74 Å². The Morgan fingerprint density at radius 1 is 1.17 bits per heavy atom. The molecule has 106 valence electrons. The highest BCUT2D eigenvalue weighted by Crippen LogP contribution is 2.24. The van der Waals surface area contributed by atoms with Crippen molar-refractivity contribution in [1.29, 1.82) is 0 Å². The molecule has 1 N–H and O–H groups in total. The van der Waals surface area contributed by atoms with Crippen molar-refractivity contribution in [3.05, 3.63) is 0 Å². The van der Waals surface area contributed by atoms with Crippen molar-refractivity contribution in [1.82, 2.24) is 9.80 Å². The van der Waals surface area contributed by atoms with Crippen LogP contribution in [-0.2, 0) is 4.74 Å². The molecule has 18 heavy (non-hydrogen) atoms. The quantitative estimate of drug-likeness (QED) is 0.727. The van der Waals surface area contributed by atoms with Crippen LogP contribution in [0.5, 0.6) is 0 Å². The Labute approximate surface area is 111 Å². The first-order chi connectivity index (χ1) is 8.81. The Morgan fingerprint density at radius 3 is 2.56 bits per heavy atom. The second kappa shape index (κ2) is 7.43. The summed E-state index contributed by atoms with van der Waals surface area (Å²) in [6.07, 6.45) is 5.53. The minimum absolute atomic E-state index is 0.167. The standard InChI is InChI=1S/C14H28N2O2/c1-2-18-12-4-8-15-10-6-13(7-11-15)16-9-3-5-14(16)17/h13-14,17H,2-12H2,1H3/t14-/m1/s1. The highest BCUT2D eigenvalue weighted by Gasteiger charge is 2.31. The minimum atomic E-state index is -0.167. The maximum atomic E-state index is 9.90. The van der Waals surface area contributed by atoms with E-state index >= 15 is 0 Å². The largest absolute Gasteiger partial charge is 0.382 e. The van der Waals surface area contributed by atoms with Crippen LogP contribution in [0.25, 0.3) is 0 Å². The lowest BCUT2D eigenvalue weighted by Gasteiger charge is -2.38. The lowest BCUT2D eigenvalue weighted by Crippen LogP contribution is -2.46. The van der Waals surface area contributed by atoms with Crippen LogP contribution in [0, 0.1) is 0 Å². The third-order valence-corrected chi connectivity index (χ3v) is 4.25. The first-order valence-corrected chi connectivity index (χ1v) is 7.55. The highest BCUT2D eigenvalue weighted by atomic mass is 16.5. The van der Waals surface area contributed by atoms with Gasteiger partial charge in [-0.3, -0.25) is 4.90 Å². The van der Waals surface area contributed by atoms with Crippen molar-refractivity contribution < 1.29 is 9.84 Å². The van der Waals surface area contributed by atoms with Crippen molar-refractivity contribution in [2.45, 2.75) is 51.3 Å². The fraction of sp³-hybridized carbons (Fsp3) is 1.00. The first kappa shape index (κ1) is 14.3. The summed E-state index contributed by atoms with van der Waals surface area (Å²) < 4.78 is 5.37. The van der Waals surface area contributed by atoms with Gasteiger partial charge in [-0.15, -0.1) is 0 Å². The number of piperidine rings is 1. The smallest absolute Gasteiger partial charge is 0.107 e. The number of nitrogens with zero attached hydrogens (tertiary/aromatic N) is 2. The van der Waals surface area contributed by atoms with Gasteiger partial charge in [0.25, 0.3) is 0 Å². The molecule has 0 aromatic carbocycles. The molecule has 4 nitrogen and oxygen atoms in total. The molecule has 0 aliphatic carbocycles. The van der Waals surface area contributed by atoms with E-state index < -0.39 is 0 Å². The van der Waals surface area contributed by atoms with Gasteiger partial charge in [0.15, 0.2) is 0 Å². The molecule has 0 aromatic heterocycles. The van der Waals surface area contributed by atoms with Crippen LogP contribution >= 0.6 is 0 Å².